The fraction of sp³-hybridized carbons (Fsp3) is 0.750. The van der Waals surface area contributed by atoms with Crippen molar-refractivity contribution in [3.63, 3.8) is 0 Å². The Bertz CT molecular complexity index is 137. The molecule has 0 aliphatic rings. The van der Waals surface area contributed by atoms with Crippen LogP contribution in [-0.2, 0) is 4.79 Å². The molecule has 2 nitrogen and oxygen atoms in total. The summed E-state index contributed by atoms with van der Waals surface area (Å²) >= 11 is 21.6. The van der Waals surface area contributed by atoms with Crippen molar-refractivity contribution in [1.29, 1.82) is 0 Å². The molecule has 0 heterocycles. The van der Waals surface area contributed by atoms with Gasteiger partial charge in [0.25, 0.3) is 0 Å². The highest BCUT2D eigenvalue weighted by Gasteiger charge is 2.36. The Balaban J connectivity index is 4.17. The molecule has 0 bridgehead atoms. The second-order valence-electron chi connectivity index (χ2n) is 1.66. The number of carbonyl (C=O) groups excluding carboxylic acids is 1. The summed E-state index contributed by atoms with van der Waals surface area (Å²) in [4.78, 5) is 10.4. The van der Waals surface area contributed by atoms with Crippen LogP contribution in [0.15, 0.2) is 0 Å². The molecule has 0 aliphatic carbocycles. The zero-order chi connectivity index (χ0) is 8.36. The third kappa shape index (κ3) is 2.70. The lowest BCUT2D eigenvalue weighted by atomic mass is 10.3. The van der Waals surface area contributed by atoms with Crippen LogP contribution in [0, 0.1) is 0 Å². The highest BCUT2D eigenvalue weighted by atomic mass is 35.5. The summed E-state index contributed by atoms with van der Waals surface area (Å²) in [6.07, 6.45) is 0. The summed E-state index contributed by atoms with van der Waals surface area (Å²) in [5.41, 5.74) is 4.80. The van der Waals surface area contributed by atoms with Crippen LogP contribution in [0.25, 0.3) is 0 Å². The Morgan fingerprint density at radius 2 is 2.00 bits per heavy atom. The van der Waals surface area contributed by atoms with Crippen LogP contribution in [0.4, 0.5) is 0 Å². The molecule has 1 unspecified atom stereocenters. The van der Waals surface area contributed by atoms with E-state index >= 15 is 0 Å². The Morgan fingerprint density at radius 3 is 2.10 bits per heavy atom. The fourth-order valence-corrected chi connectivity index (χ4v) is 0.801. The van der Waals surface area contributed by atoms with Gasteiger partial charge in [0.15, 0.2) is 4.33 Å². The monoisotopic (exact) mass is 223 g/mol. The maximum absolute atomic E-state index is 10.4. The van der Waals surface area contributed by atoms with E-state index in [4.69, 9.17) is 52.1 Å². The average Bonchev–Trinajstić information content (AvgIpc) is 1.86. The summed E-state index contributed by atoms with van der Waals surface area (Å²) in [6.45, 7) is 0. The Morgan fingerprint density at radius 1 is 1.60 bits per heavy atom. The minimum atomic E-state index is -1.48. The molecular weight excluding hydrogens is 220 g/mol. The number of carbonyl (C=O) groups is 1. The van der Waals surface area contributed by atoms with Gasteiger partial charge in [0.2, 0.25) is 5.91 Å². The van der Waals surface area contributed by atoms with Gasteiger partial charge in [0.05, 0.1) is 5.88 Å². The van der Waals surface area contributed by atoms with E-state index in [0.29, 0.717) is 0 Å². The van der Waals surface area contributed by atoms with Crippen molar-refractivity contribution in [2.75, 3.05) is 5.88 Å². The molecular formula is C4H5Cl4NO. The third-order valence-corrected chi connectivity index (χ3v) is 3.01. The van der Waals surface area contributed by atoms with Crippen LogP contribution in [0.1, 0.15) is 0 Å². The number of halogens is 4. The quantitative estimate of drug-likeness (QED) is 0.726. The van der Waals surface area contributed by atoms with E-state index < -0.39 is 15.6 Å². The summed E-state index contributed by atoms with van der Waals surface area (Å²) < 4.78 is -1.48. The number of nitrogens with two attached hydrogens (primary N) is 1. The molecule has 0 aromatic carbocycles. The zero-order valence-electron chi connectivity index (χ0n) is 4.78. The molecule has 0 aliphatic heterocycles. The molecule has 2 N–H and O–H groups in total. The Labute approximate surface area is 78.5 Å². The number of rotatable bonds is 3. The molecule has 0 rings (SSSR count). The van der Waals surface area contributed by atoms with Gasteiger partial charge in [-0.05, 0) is 0 Å². The van der Waals surface area contributed by atoms with Crippen LogP contribution in [0.2, 0.25) is 0 Å². The first-order chi connectivity index (χ1) is 4.41. The molecule has 0 aromatic heterocycles. The van der Waals surface area contributed by atoms with Crippen LogP contribution >= 0.6 is 46.4 Å². The highest BCUT2D eigenvalue weighted by molar-refractivity contribution is 6.57. The van der Waals surface area contributed by atoms with E-state index in [1.54, 1.807) is 0 Å². The lowest BCUT2D eigenvalue weighted by molar-refractivity contribution is -0.117. The summed E-state index contributed by atoms with van der Waals surface area (Å²) in [6, 6.07) is 0. The number of hydrogen-bond donors (Lipinski definition) is 1. The summed E-state index contributed by atoms with van der Waals surface area (Å²) in [7, 11) is 0. The zero-order valence-corrected chi connectivity index (χ0v) is 7.81. The second-order valence-corrected chi connectivity index (χ2v) is 3.91. The van der Waals surface area contributed by atoms with Gasteiger partial charge < -0.3 is 5.73 Å². The number of hydrogen-bond acceptors (Lipinski definition) is 1. The van der Waals surface area contributed by atoms with Gasteiger partial charge in [-0.3, -0.25) is 4.79 Å². The molecule has 1 atom stereocenters. The number of amides is 1. The number of primary amides is 1. The van der Waals surface area contributed by atoms with Gasteiger partial charge in [-0.15, -0.1) is 23.2 Å². The van der Waals surface area contributed by atoms with Gasteiger partial charge >= 0.3 is 0 Å². The first-order valence-corrected chi connectivity index (χ1v) is 4.01. The van der Waals surface area contributed by atoms with Gasteiger partial charge in [-0.1, -0.05) is 23.2 Å². The van der Waals surface area contributed by atoms with Crippen molar-refractivity contribution < 1.29 is 4.79 Å². The smallest absolute Gasteiger partial charge is 0.238 e. The molecule has 0 spiro atoms. The fourth-order valence-electron chi connectivity index (χ4n) is 0.276. The molecule has 0 fully saturated rings. The Hall–Kier alpha value is 0.630. The van der Waals surface area contributed by atoms with Crippen molar-refractivity contribution in [3.05, 3.63) is 0 Å². The number of alkyl halides is 4. The van der Waals surface area contributed by atoms with Gasteiger partial charge in [0, 0.05) is 0 Å². The average molecular weight is 225 g/mol. The lowest BCUT2D eigenvalue weighted by Crippen LogP contribution is -2.39. The van der Waals surface area contributed by atoms with Gasteiger partial charge in [-0.2, -0.15) is 0 Å². The molecule has 0 aromatic rings. The highest BCUT2D eigenvalue weighted by Crippen LogP contribution is 2.30. The molecule has 6 heteroatoms. The summed E-state index contributed by atoms with van der Waals surface area (Å²) in [5, 5.41) is -1.16. The molecule has 0 saturated carbocycles. The van der Waals surface area contributed by atoms with E-state index in [2.05, 4.69) is 0 Å². The topological polar surface area (TPSA) is 43.1 Å². The van der Waals surface area contributed by atoms with E-state index in [-0.39, 0.29) is 5.88 Å². The molecule has 0 saturated heterocycles. The van der Waals surface area contributed by atoms with Crippen molar-refractivity contribution in [1.82, 2.24) is 0 Å². The molecule has 60 valence electrons. The van der Waals surface area contributed by atoms with Gasteiger partial charge in [0.1, 0.15) is 5.38 Å². The largest absolute Gasteiger partial charge is 0.368 e. The van der Waals surface area contributed by atoms with Crippen molar-refractivity contribution in [2.45, 2.75) is 9.71 Å². The van der Waals surface area contributed by atoms with Crippen LogP contribution < -0.4 is 5.73 Å². The molecule has 10 heavy (non-hydrogen) atoms. The minimum absolute atomic E-state index is 0.146. The molecule has 0 radical (unpaired) electrons. The van der Waals surface area contributed by atoms with E-state index in [1.165, 1.54) is 0 Å². The van der Waals surface area contributed by atoms with Crippen LogP contribution in [-0.4, -0.2) is 21.5 Å². The van der Waals surface area contributed by atoms with Crippen molar-refractivity contribution in [3.8, 4) is 0 Å². The van der Waals surface area contributed by atoms with E-state index in [0.717, 1.165) is 0 Å². The van der Waals surface area contributed by atoms with E-state index in [1.807, 2.05) is 0 Å². The first kappa shape index (κ1) is 10.6. The standard InChI is InChI=1S/C4H5Cl4NO/c5-1-4(7,8)2(6)3(9)10/h2H,1H2,(H2,9,10). The predicted molar refractivity (Wildman–Crippen MR) is 44.0 cm³/mol. The lowest BCUT2D eigenvalue weighted by Gasteiger charge is -2.18. The predicted octanol–water partition coefficient (Wildman–Crippen LogP) is 1.49. The summed E-state index contributed by atoms with van der Waals surface area (Å²) in [5.74, 6) is -0.931. The normalized spacial score (nSPS) is 14.8. The van der Waals surface area contributed by atoms with Crippen molar-refractivity contribution >= 4 is 52.3 Å². The first-order valence-electron chi connectivity index (χ1n) is 2.29. The minimum Gasteiger partial charge on any atom is -0.368 e. The Kier molecular flexibility index (Phi) is 4.10. The van der Waals surface area contributed by atoms with E-state index in [9.17, 15) is 4.79 Å². The van der Waals surface area contributed by atoms with Crippen molar-refractivity contribution in [2.24, 2.45) is 5.73 Å². The molecule has 1 amide bonds. The maximum atomic E-state index is 10.4. The third-order valence-electron chi connectivity index (χ3n) is 0.799. The maximum Gasteiger partial charge on any atom is 0.238 e. The van der Waals surface area contributed by atoms with Crippen LogP contribution in [0.3, 0.4) is 0 Å². The van der Waals surface area contributed by atoms with Gasteiger partial charge in [-0.25, -0.2) is 0 Å². The van der Waals surface area contributed by atoms with Crippen LogP contribution in [0.5, 0.6) is 0 Å². The SMILES string of the molecule is NC(=O)C(Cl)C(Cl)(Cl)CCl. The second kappa shape index (κ2) is 3.86.